The van der Waals surface area contributed by atoms with Crippen LogP contribution in [0.5, 0.6) is 0 Å². The summed E-state index contributed by atoms with van der Waals surface area (Å²) in [6.45, 7) is 4.94. The Labute approximate surface area is 113 Å². The second-order valence-electron chi connectivity index (χ2n) is 4.94. The Kier molecular flexibility index (Phi) is 4.00. The zero-order valence-corrected chi connectivity index (χ0v) is 11.6. The molecule has 19 heavy (non-hydrogen) atoms. The van der Waals surface area contributed by atoms with E-state index >= 15 is 0 Å². The van der Waals surface area contributed by atoms with Crippen LogP contribution in [0.25, 0.3) is 0 Å². The van der Waals surface area contributed by atoms with Crippen molar-refractivity contribution in [3.63, 3.8) is 0 Å². The minimum Gasteiger partial charge on any atom is -0.361 e. The summed E-state index contributed by atoms with van der Waals surface area (Å²) < 4.78 is 1.51. The summed E-state index contributed by atoms with van der Waals surface area (Å²) in [5, 5.41) is 3.07. The lowest BCUT2D eigenvalue weighted by atomic mass is 10.0. The zero-order valence-electron chi connectivity index (χ0n) is 11.6. The van der Waals surface area contributed by atoms with Crippen molar-refractivity contribution in [1.82, 2.24) is 9.55 Å². The number of aryl methyl sites for hydroxylation is 1. The zero-order chi connectivity index (χ0) is 13.8. The lowest BCUT2D eigenvalue weighted by Crippen LogP contribution is -2.21. The molecule has 1 aromatic carbocycles. The number of anilines is 1. The minimum absolute atomic E-state index is 0.110. The first-order valence-electron chi connectivity index (χ1n) is 6.42. The van der Waals surface area contributed by atoms with E-state index in [1.807, 2.05) is 0 Å². The largest absolute Gasteiger partial charge is 0.361 e. The third-order valence-electron chi connectivity index (χ3n) is 3.12. The molecular weight excluding hydrogens is 238 g/mol. The SMILES string of the molecule is CC(C)c1ccc(CNc2nccn(C)c2=O)cc1. The monoisotopic (exact) mass is 257 g/mol. The first kappa shape index (κ1) is 13.3. The van der Waals surface area contributed by atoms with E-state index in [1.54, 1.807) is 19.4 Å². The van der Waals surface area contributed by atoms with E-state index < -0.39 is 0 Å². The van der Waals surface area contributed by atoms with E-state index in [1.165, 1.54) is 10.1 Å². The van der Waals surface area contributed by atoms with Crippen LogP contribution in [-0.4, -0.2) is 9.55 Å². The number of nitrogens with zero attached hydrogens (tertiary/aromatic N) is 2. The minimum atomic E-state index is -0.110. The Morgan fingerprint density at radius 1 is 1.26 bits per heavy atom. The maximum Gasteiger partial charge on any atom is 0.293 e. The van der Waals surface area contributed by atoms with Crippen molar-refractivity contribution in [3.8, 4) is 0 Å². The predicted octanol–water partition coefficient (Wildman–Crippen LogP) is 2.52. The van der Waals surface area contributed by atoms with Crippen molar-refractivity contribution in [2.24, 2.45) is 7.05 Å². The normalized spacial score (nSPS) is 10.7. The number of benzene rings is 1. The van der Waals surface area contributed by atoms with E-state index in [4.69, 9.17) is 0 Å². The molecular formula is C15H19N3O. The Hall–Kier alpha value is -2.10. The molecule has 0 atom stereocenters. The Bertz CT molecular complexity index is 600. The topological polar surface area (TPSA) is 46.9 Å². The number of aromatic nitrogens is 2. The maximum atomic E-state index is 11.8. The average Bonchev–Trinajstić information content (AvgIpc) is 2.41. The fourth-order valence-corrected chi connectivity index (χ4v) is 1.83. The van der Waals surface area contributed by atoms with Crippen molar-refractivity contribution >= 4 is 5.82 Å². The summed E-state index contributed by atoms with van der Waals surface area (Å²) in [5.41, 5.74) is 2.34. The molecule has 0 spiro atoms. The molecule has 100 valence electrons. The fraction of sp³-hybridized carbons (Fsp3) is 0.333. The van der Waals surface area contributed by atoms with E-state index in [0.29, 0.717) is 18.3 Å². The van der Waals surface area contributed by atoms with E-state index in [0.717, 1.165) is 5.56 Å². The van der Waals surface area contributed by atoms with Crippen molar-refractivity contribution in [2.75, 3.05) is 5.32 Å². The van der Waals surface area contributed by atoms with Gasteiger partial charge in [0.1, 0.15) is 0 Å². The molecule has 0 amide bonds. The van der Waals surface area contributed by atoms with Gasteiger partial charge in [-0.3, -0.25) is 4.79 Å². The molecule has 1 heterocycles. The quantitative estimate of drug-likeness (QED) is 0.915. The second-order valence-corrected chi connectivity index (χ2v) is 4.94. The second kappa shape index (κ2) is 5.69. The van der Waals surface area contributed by atoms with Gasteiger partial charge in [0.15, 0.2) is 5.82 Å². The molecule has 0 fully saturated rings. The smallest absolute Gasteiger partial charge is 0.293 e. The highest BCUT2D eigenvalue weighted by atomic mass is 16.1. The molecule has 1 N–H and O–H groups in total. The highest BCUT2D eigenvalue weighted by Crippen LogP contribution is 2.14. The van der Waals surface area contributed by atoms with E-state index in [9.17, 15) is 4.79 Å². The molecule has 0 aliphatic carbocycles. The Balaban J connectivity index is 2.06. The van der Waals surface area contributed by atoms with E-state index in [2.05, 4.69) is 48.4 Å². The molecule has 1 aromatic heterocycles. The van der Waals surface area contributed by atoms with Crippen LogP contribution in [0.1, 0.15) is 30.9 Å². The molecule has 0 aliphatic heterocycles. The first-order valence-corrected chi connectivity index (χ1v) is 6.42. The number of hydrogen-bond acceptors (Lipinski definition) is 3. The molecule has 4 heteroatoms. The maximum absolute atomic E-state index is 11.8. The highest BCUT2D eigenvalue weighted by Gasteiger charge is 2.03. The third-order valence-corrected chi connectivity index (χ3v) is 3.12. The lowest BCUT2D eigenvalue weighted by Gasteiger charge is -2.08. The van der Waals surface area contributed by atoms with Crippen molar-refractivity contribution < 1.29 is 0 Å². The summed E-state index contributed by atoms with van der Waals surface area (Å²) in [5.74, 6) is 0.919. The predicted molar refractivity (Wildman–Crippen MR) is 77.3 cm³/mol. The molecule has 2 aromatic rings. The number of rotatable bonds is 4. The molecule has 2 rings (SSSR count). The number of hydrogen-bond donors (Lipinski definition) is 1. The van der Waals surface area contributed by atoms with Crippen LogP contribution >= 0.6 is 0 Å². The van der Waals surface area contributed by atoms with Crippen LogP contribution in [0.4, 0.5) is 5.82 Å². The average molecular weight is 257 g/mol. The summed E-state index contributed by atoms with van der Waals surface area (Å²) in [6.07, 6.45) is 3.26. The molecule has 0 saturated heterocycles. The molecule has 0 radical (unpaired) electrons. The van der Waals surface area contributed by atoms with Gasteiger partial charge in [0, 0.05) is 26.0 Å². The summed E-state index contributed by atoms with van der Waals surface area (Å²) in [7, 11) is 1.71. The van der Waals surface area contributed by atoms with Crippen LogP contribution in [0, 0.1) is 0 Å². The summed E-state index contributed by atoms with van der Waals surface area (Å²) in [4.78, 5) is 15.8. The summed E-state index contributed by atoms with van der Waals surface area (Å²) >= 11 is 0. The van der Waals surface area contributed by atoms with Crippen molar-refractivity contribution in [2.45, 2.75) is 26.3 Å². The van der Waals surface area contributed by atoms with Crippen molar-refractivity contribution in [3.05, 3.63) is 58.1 Å². The molecule has 0 bridgehead atoms. The van der Waals surface area contributed by atoms with Gasteiger partial charge in [-0.05, 0) is 17.0 Å². The first-order chi connectivity index (χ1) is 9.08. The highest BCUT2D eigenvalue weighted by molar-refractivity contribution is 5.33. The number of nitrogens with one attached hydrogen (secondary N) is 1. The Morgan fingerprint density at radius 3 is 2.58 bits per heavy atom. The fourth-order valence-electron chi connectivity index (χ4n) is 1.83. The molecule has 0 saturated carbocycles. The molecule has 4 nitrogen and oxygen atoms in total. The van der Waals surface area contributed by atoms with Crippen LogP contribution in [-0.2, 0) is 13.6 Å². The van der Waals surface area contributed by atoms with Gasteiger partial charge in [-0.1, -0.05) is 38.1 Å². The van der Waals surface area contributed by atoms with Crippen LogP contribution in [0.15, 0.2) is 41.5 Å². The van der Waals surface area contributed by atoms with Gasteiger partial charge in [0.25, 0.3) is 5.56 Å². The summed E-state index contributed by atoms with van der Waals surface area (Å²) in [6, 6.07) is 8.40. The van der Waals surface area contributed by atoms with Gasteiger partial charge >= 0.3 is 0 Å². The molecule has 0 unspecified atom stereocenters. The Morgan fingerprint density at radius 2 is 1.95 bits per heavy atom. The molecule has 0 aliphatic rings. The van der Waals surface area contributed by atoms with Crippen LogP contribution < -0.4 is 10.9 Å². The van der Waals surface area contributed by atoms with Gasteiger partial charge in [-0.25, -0.2) is 4.98 Å². The van der Waals surface area contributed by atoms with Gasteiger partial charge < -0.3 is 9.88 Å². The third kappa shape index (κ3) is 3.22. The van der Waals surface area contributed by atoms with Gasteiger partial charge in [0.05, 0.1) is 0 Å². The van der Waals surface area contributed by atoms with Crippen LogP contribution in [0.2, 0.25) is 0 Å². The standard InChI is InChI=1S/C15H19N3O/c1-11(2)13-6-4-12(5-7-13)10-17-14-15(19)18(3)9-8-16-14/h4-9,11H,10H2,1-3H3,(H,16,17). The van der Waals surface area contributed by atoms with Crippen LogP contribution in [0.3, 0.4) is 0 Å². The van der Waals surface area contributed by atoms with E-state index in [-0.39, 0.29) is 5.56 Å². The van der Waals surface area contributed by atoms with Gasteiger partial charge in [0.2, 0.25) is 0 Å². The lowest BCUT2D eigenvalue weighted by molar-refractivity contribution is 0.838. The van der Waals surface area contributed by atoms with Gasteiger partial charge in [-0.15, -0.1) is 0 Å². The van der Waals surface area contributed by atoms with Gasteiger partial charge in [-0.2, -0.15) is 0 Å². The van der Waals surface area contributed by atoms with Crippen molar-refractivity contribution in [1.29, 1.82) is 0 Å².